The number of nitrogens with one attached hydrogen (secondary N) is 2. The lowest BCUT2D eigenvalue weighted by Crippen LogP contribution is -2.38. The predicted molar refractivity (Wildman–Crippen MR) is 55.4 cm³/mol. The maximum Gasteiger partial charge on any atom is 0.325 e. The van der Waals surface area contributed by atoms with Gasteiger partial charge in [0.25, 0.3) is 5.91 Å². The first-order chi connectivity index (χ1) is 6.91. The van der Waals surface area contributed by atoms with Crippen molar-refractivity contribution in [2.45, 2.75) is 13.0 Å². The van der Waals surface area contributed by atoms with Crippen molar-refractivity contribution >= 4 is 35.1 Å². The van der Waals surface area contributed by atoms with Crippen LogP contribution in [0.15, 0.2) is 6.07 Å². The van der Waals surface area contributed by atoms with Gasteiger partial charge in [-0.25, -0.2) is 0 Å². The third-order valence-corrected chi connectivity index (χ3v) is 2.38. The van der Waals surface area contributed by atoms with Crippen molar-refractivity contribution < 1.29 is 14.7 Å². The van der Waals surface area contributed by atoms with E-state index in [1.54, 1.807) is 0 Å². The zero-order valence-electron chi connectivity index (χ0n) is 7.67. The normalized spacial score (nSPS) is 12.2. The summed E-state index contributed by atoms with van der Waals surface area (Å²) in [5.41, 5.74) is 0.123. The fourth-order valence-corrected chi connectivity index (χ4v) is 1.18. The molecule has 0 radical (unpaired) electrons. The van der Waals surface area contributed by atoms with Crippen molar-refractivity contribution in [1.29, 1.82) is 0 Å². The smallest absolute Gasteiger partial charge is 0.325 e. The molecule has 0 spiro atoms. The Morgan fingerprint density at radius 1 is 1.53 bits per heavy atom. The van der Waals surface area contributed by atoms with Crippen LogP contribution in [0.3, 0.4) is 0 Å². The molecule has 0 aliphatic rings. The Balaban J connectivity index is 2.73. The number of carbonyl (C=O) groups excluding carboxylic acids is 1. The van der Waals surface area contributed by atoms with E-state index in [4.69, 9.17) is 28.3 Å². The van der Waals surface area contributed by atoms with Gasteiger partial charge < -0.3 is 15.4 Å². The van der Waals surface area contributed by atoms with E-state index in [1.165, 1.54) is 13.0 Å². The van der Waals surface area contributed by atoms with Gasteiger partial charge in [-0.1, -0.05) is 23.2 Å². The van der Waals surface area contributed by atoms with Crippen LogP contribution in [0, 0.1) is 0 Å². The highest BCUT2D eigenvalue weighted by Crippen LogP contribution is 2.21. The summed E-state index contributed by atoms with van der Waals surface area (Å²) in [6.07, 6.45) is 0. The second-order valence-electron chi connectivity index (χ2n) is 2.88. The molecule has 0 saturated carbocycles. The zero-order valence-corrected chi connectivity index (χ0v) is 9.19. The quantitative estimate of drug-likeness (QED) is 0.761. The summed E-state index contributed by atoms with van der Waals surface area (Å²) < 4.78 is 0. The van der Waals surface area contributed by atoms with E-state index in [-0.39, 0.29) is 15.9 Å². The minimum atomic E-state index is -1.12. The van der Waals surface area contributed by atoms with Gasteiger partial charge in [-0.3, -0.25) is 9.59 Å². The van der Waals surface area contributed by atoms with Crippen molar-refractivity contribution in [1.82, 2.24) is 10.3 Å². The number of H-pyrrole nitrogens is 1. The molecule has 7 heteroatoms. The van der Waals surface area contributed by atoms with Crippen LogP contribution >= 0.6 is 23.2 Å². The molecule has 1 heterocycles. The fraction of sp³-hybridized carbons (Fsp3) is 0.250. The number of rotatable bonds is 3. The van der Waals surface area contributed by atoms with Gasteiger partial charge in [-0.15, -0.1) is 0 Å². The molecule has 82 valence electrons. The Bertz CT molecular complexity index is 383. The number of aromatic amines is 1. The number of carboxylic acids is 1. The second kappa shape index (κ2) is 4.55. The Kier molecular flexibility index (Phi) is 3.60. The highest BCUT2D eigenvalue weighted by molar-refractivity contribution is 6.41. The van der Waals surface area contributed by atoms with Gasteiger partial charge >= 0.3 is 5.97 Å². The van der Waals surface area contributed by atoms with Crippen molar-refractivity contribution in [3.05, 3.63) is 21.9 Å². The van der Waals surface area contributed by atoms with E-state index >= 15 is 0 Å². The number of carbonyl (C=O) groups is 2. The van der Waals surface area contributed by atoms with Crippen LogP contribution in [0.2, 0.25) is 10.2 Å². The largest absolute Gasteiger partial charge is 0.480 e. The van der Waals surface area contributed by atoms with E-state index in [9.17, 15) is 9.59 Å². The maximum absolute atomic E-state index is 11.4. The van der Waals surface area contributed by atoms with Gasteiger partial charge in [-0.2, -0.15) is 0 Å². The molecule has 0 aliphatic carbocycles. The average molecular weight is 251 g/mol. The van der Waals surface area contributed by atoms with Crippen LogP contribution in [-0.4, -0.2) is 28.0 Å². The van der Waals surface area contributed by atoms with Gasteiger partial charge in [0.05, 0.1) is 5.02 Å². The number of carboxylic acid groups (broad SMARTS) is 1. The highest BCUT2D eigenvalue weighted by Gasteiger charge is 2.17. The molecule has 0 aliphatic heterocycles. The molecule has 5 nitrogen and oxygen atoms in total. The van der Waals surface area contributed by atoms with E-state index in [1.807, 2.05) is 0 Å². The molecule has 15 heavy (non-hydrogen) atoms. The zero-order chi connectivity index (χ0) is 11.6. The molecular formula is C8H8Cl2N2O3. The summed E-state index contributed by atoms with van der Waals surface area (Å²) in [5.74, 6) is -1.69. The highest BCUT2D eigenvalue weighted by atomic mass is 35.5. The standard InChI is InChI=1S/C8H8Cl2N2O3/c1-3(8(14)15)11-7(13)5-2-4(9)6(10)12-5/h2-3,12H,1H3,(H,11,13)(H,14,15). The number of hydrogen-bond acceptors (Lipinski definition) is 2. The van der Waals surface area contributed by atoms with Crippen molar-refractivity contribution in [3.63, 3.8) is 0 Å². The molecule has 0 bridgehead atoms. The van der Waals surface area contributed by atoms with Crippen LogP contribution in [0.1, 0.15) is 17.4 Å². The van der Waals surface area contributed by atoms with Crippen molar-refractivity contribution in [3.8, 4) is 0 Å². The summed E-state index contributed by atoms with van der Waals surface area (Å²) in [7, 11) is 0. The van der Waals surface area contributed by atoms with Gasteiger partial charge in [-0.05, 0) is 13.0 Å². The average Bonchev–Trinajstić information content (AvgIpc) is 2.46. The fourth-order valence-electron chi connectivity index (χ4n) is 0.863. The number of aliphatic carboxylic acids is 1. The van der Waals surface area contributed by atoms with Gasteiger partial charge in [0, 0.05) is 0 Å². The van der Waals surface area contributed by atoms with Crippen LogP contribution in [0.25, 0.3) is 0 Å². The monoisotopic (exact) mass is 250 g/mol. The third kappa shape index (κ3) is 2.87. The minimum absolute atomic E-state index is 0.123. The number of aromatic nitrogens is 1. The van der Waals surface area contributed by atoms with E-state index in [0.717, 1.165) is 0 Å². The topological polar surface area (TPSA) is 82.2 Å². The predicted octanol–water partition coefficient (Wildman–Crippen LogP) is 1.52. The van der Waals surface area contributed by atoms with Crippen LogP contribution in [0.5, 0.6) is 0 Å². The van der Waals surface area contributed by atoms with E-state index < -0.39 is 17.9 Å². The van der Waals surface area contributed by atoms with Crippen LogP contribution < -0.4 is 5.32 Å². The Hall–Kier alpha value is -1.20. The minimum Gasteiger partial charge on any atom is -0.480 e. The maximum atomic E-state index is 11.4. The first-order valence-corrected chi connectivity index (χ1v) is 4.75. The Labute approximate surface area is 95.4 Å². The lowest BCUT2D eigenvalue weighted by Gasteiger charge is -2.07. The van der Waals surface area contributed by atoms with Gasteiger partial charge in [0.1, 0.15) is 16.9 Å². The molecule has 1 aromatic rings. The SMILES string of the molecule is CC(NC(=O)c1cc(Cl)c(Cl)[nH]1)C(=O)O. The number of hydrogen-bond donors (Lipinski definition) is 3. The first-order valence-electron chi connectivity index (χ1n) is 3.99. The molecule has 1 rings (SSSR count). The molecule has 3 N–H and O–H groups in total. The van der Waals surface area contributed by atoms with Crippen molar-refractivity contribution in [2.75, 3.05) is 0 Å². The van der Waals surface area contributed by atoms with Gasteiger partial charge in [0.2, 0.25) is 0 Å². The third-order valence-electron chi connectivity index (χ3n) is 1.69. The molecular weight excluding hydrogens is 243 g/mol. The van der Waals surface area contributed by atoms with Crippen molar-refractivity contribution in [2.24, 2.45) is 0 Å². The second-order valence-corrected chi connectivity index (χ2v) is 3.66. The summed E-state index contributed by atoms with van der Waals surface area (Å²) in [6, 6.07) is 0.353. The first kappa shape index (κ1) is 11.9. The number of amides is 1. The molecule has 0 saturated heterocycles. The molecule has 0 aromatic carbocycles. The molecule has 1 aromatic heterocycles. The molecule has 0 fully saturated rings. The lowest BCUT2D eigenvalue weighted by atomic mass is 10.3. The molecule has 1 atom stereocenters. The van der Waals surface area contributed by atoms with Gasteiger partial charge in [0.15, 0.2) is 0 Å². The lowest BCUT2D eigenvalue weighted by molar-refractivity contribution is -0.138. The van der Waals surface area contributed by atoms with E-state index in [0.29, 0.717) is 0 Å². The number of halogens is 2. The van der Waals surface area contributed by atoms with Crippen LogP contribution in [0.4, 0.5) is 0 Å². The summed E-state index contributed by atoms with van der Waals surface area (Å²) in [5, 5.41) is 11.2. The summed E-state index contributed by atoms with van der Waals surface area (Å²) in [4.78, 5) is 24.4. The molecule has 1 unspecified atom stereocenters. The summed E-state index contributed by atoms with van der Waals surface area (Å²) >= 11 is 11.2. The summed E-state index contributed by atoms with van der Waals surface area (Å²) in [6.45, 7) is 1.35. The molecule has 1 amide bonds. The Morgan fingerprint density at radius 3 is 2.53 bits per heavy atom. The van der Waals surface area contributed by atoms with E-state index in [2.05, 4.69) is 10.3 Å². The Morgan fingerprint density at radius 2 is 2.13 bits per heavy atom. The van der Waals surface area contributed by atoms with Crippen LogP contribution in [-0.2, 0) is 4.79 Å².